The molecule has 0 saturated heterocycles. The van der Waals surface area contributed by atoms with Crippen molar-refractivity contribution < 1.29 is 4.39 Å². The summed E-state index contributed by atoms with van der Waals surface area (Å²) < 4.78 is 12.7. The van der Waals surface area contributed by atoms with Crippen LogP contribution in [0.15, 0.2) is 36.4 Å². The molecule has 0 aliphatic carbocycles. The molecular weight excluding hydrogens is 233 g/mol. The Morgan fingerprint density at radius 3 is 2.47 bits per heavy atom. The van der Waals surface area contributed by atoms with Gasteiger partial charge in [0.05, 0.1) is 0 Å². The van der Waals surface area contributed by atoms with Gasteiger partial charge in [-0.1, -0.05) is 12.1 Å². The standard InChI is InChI=1S/C14H16FNS/c1-10-3-8-14(17-10)11(2)16-9-12-4-6-13(15)7-5-12/h3-8,11,16H,9H2,1-2H3. The Balaban J connectivity index is 1.92. The molecule has 1 unspecified atom stereocenters. The summed E-state index contributed by atoms with van der Waals surface area (Å²) in [6, 6.07) is 11.2. The molecule has 0 amide bonds. The zero-order valence-corrected chi connectivity index (χ0v) is 10.9. The molecule has 2 aromatic rings. The van der Waals surface area contributed by atoms with Crippen molar-refractivity contribution in [1.82, 2.24) is 5.32 Å². The van der Waals surface area contributed by atoms with E-state index in [0.29, 0.717) is 6.04 Å². The first-order chi connectivity index (χ1) is 8.15. The molecule has 1 aromatic carbocycles. The lowest BCUT2D eigenvalue weighted by Gasteiger charge is -2.12. The second kappa shape index (κ2) is 5.43. The molecular formula is C14H16FNS. The summed E-state index contributed by atoms with van der Waals surface area (Å²) in [5, 5.41) is 3.44. The fourth-order valence-electron chi connectivity index (χ4n) is 1.66. The maximum absolute atomic E-state index is 12.7. The van der Waals surface area contributed by atoms with Gasteiger partial charge in [0.15, 0.2) is 0 Å². The zero-order valence-electron chi connectivity index (χ0n) is 10.0. The van der Waals surface area contributed by atoms with Gasteiger partial charge in [0.1, 0.15) is 5.82 Å². The first kappa shape index (κ1) is 12.3. The van der Waals surface area contributed by atoms with Crippen LogP contribution in [0.1, 0.15) is 28.3 Å². The van der Waals surface area contributed by atoms with Gasteiger partial charge in [-0.3, -0.25) is 0 Å². The predicted octanol–water partition coefficient (Wildman–Crippen LogP) is 4.05. The minimum Gasteiger partial charge on any atom is -0.305 e. The van der Waals surface area contributed by atoms with Crippen LogP contribution >= 0.6 is 11.3 Å². The quantitative estimate of drug-likeness (QED) is 0.862. The molecule has 90 valence electrons. The first-order valence-corrected chi connectivity index (χ1v) is 6.51. The minimum atomic E-state index is -0.185. The largest absolute Gasteiger partial charge is 0.305 e. The summed E-state index contributed by atoms with van der Waals surface area (Å²) in [5.74, 6) is -0.185. The third-order valence-electron chi connectivity index (χ3n) is 2.71. The highest BCUT2D eigenvalue weighted by molar-refractivity contribution is 7.12. The van der Waals surface area contributed by atoms with Crippen LogP contribution in [0.5, 0.6) is 0 Å². The van der Waals surface area contributed by atoms with Crippen molar-refractivity contribution in [1.29, 1.82) is 0 Å². The lowest BCUT2D eigenvalue weighted by atomic mass is 10.2. The number of rotatable bonds is 4. The van der Waals surface area contributed by atoms with E-state index in [1.807, 2.05) is 23.5 Å². The van der Waals surface area contributed by atoms with E-state index in [9.17, 15) is 4.39 Å². The van der Waals surface area contributed by atoms with Gasteiger partial charge >= 0.3 is 0 Å². The molecule has 1 atom stereocenters. The highest BCUT2D eigenvalue weighted by Gasteiger charge is 2.06. The van der Waals surface area contributed by atoms with Gasteiger partial charge in [-0.05, 0) is 43.7 Å². The van der Waals surface area contributed by atoms with Crippen LogP contribution in [-0.4, -0.2) is 0 Å². The van der Waals surface area contributed by atoms with E-state index in [1.54, 1.807) is 0 Å². The molecule has 1 aromatic heterocycles. The lowest BCUT2D eigenvalue weighted by molar-refractivity contribution is 0.580. The van der Waals surface area contributed by atoms with Crippen LogP contribution in [0.3, 0.4) is 0 Å². The number of thiophene rings is 1. The van der Waals surface area contributed by atoms with Crippen molar-refractivity contribution in [2.24, 2.45) is 0 Å². The van der Waals surface area contributed by atoms with Crippen LogP contribution in [-0.2, 0) is 6.54 Å². The topological polar surface area (TPSA) is 12.0 Å². The van der Waals surface area contributed by atoms with Gasteiger partial charge in [-0.2, -0.15) is 0 Å². The summed E-state index contributed by atoms with van der Waals surface area (Å²) in [6.07, 6.45) is 0. The Hall–Kier alpha value is -1.19. The van der Waals surface area contributed by atoms with Gasteiger partial charge in [0.25, 0.3) is 0 Å². The SMILES string of the molecule is Cc1ccc(C(C)NCc2ccc(F)cc2)s1. The third-order valence-corrected chi connectivity index (χ3v) is 3.90. The second-order valence-electron chi connectivity index (χ2n) is 4.18. The fraction of sp³-hybridized carbons (Fsp3) is 0.286. The van der Waals surface area contributed by atoms with Gasteiger partial charge in [0, 0.05) is 22.3 Å². The highest BCUT2D eigenvalue weighted by atomic mass is 32.1. The number of hydrogen-bond acceptors (Lipinski definition) is 2. The lowest BCUT2D eigenvalue weighted by Crippen LogP contribution is -2.17. The van der Waals surface area contributed by atoms with Crippen LogP contribution in [0.4, 0.5) is 4.39 Å². The molecule has 1 N–H and O–H groups in total. The summed E-state index contributed by atoms with van der Waals surface area (Å²) in [5.41, 5.74) is 1.10. The van der Waals surface area contributed by atoms with E-state index in [2.05, 4.69) is 31.3 Å². The van der Waals surface area contributed by atoms with Gasteiger partial charge in [-0.25, -0.2) is 4.39 Å². The Kier molecular flexibility index (Phi) is 3.92. The Bertz CT molecular complexity index is 475. The average Bonchev–Trinajstić information content (AvgIpc) is 2.75. The number of nitrogens with one attached hydrogen (secondary N) is 1. The van der Waals surface area contributed by atoms with Gasteiger partial charge in [0.2, 0.25) is 0 Å². The molecule has 2 rings (SSSR count). The van der Waals surface area contributed by atoms with Crippen molar-refractivity contribution in [2.75, 3.05) is 0 Å². The molecule has 0 bridgehead atoms. The Morgan fingerprint density at radius 1 is 1.18 bits per heavy atom. The van der Waals surface area contributed by atoms with E-state index in [1.165, 1.54) is 21.9 Å². The van der Waals surface area contributed by atoms with Crippen molar-refractivity contribution in [3.05, 3.63) is 57.5 Å². The van der Waals surface area contributed by atoms with Crippen LogP contribution in [0, 0.1) is 12.7 Å². The molecule has 0 radical (unpaired) electrons. The van der Waals surface area contributed by atoms with E-state index in [4.69, 9.17) is 0 Å². The molecule has 1 nitrogen and oxygen atoms in total. The monoisotopic (exact) mass is 249 g/mol. The number of aryl methyl sites for hydroxylation is 1. The van der Waals surface area contributed by atoms with E-state index in [0.717, 1.165) is 12.1 Å². The smallest absolute Gasteiger partial charge is 0.123 e. The van der Waals surface area contributed by atoms with Crippen LogP contribution in [0.25, 0.3) is 0 Å². The molecule has 17 heavy (non-hydrogen) atoms. The first-order valence-electron chi connectivity index (χ1n) is 5.69. The average molecular weight is 249 g/mol. The minimum absolute atomic E-state index is 0.185. The molecule has 0 aliphatic rings. The molecule has 0 saturated carbocycles. The number of benzene rings is 1. The van der Waals surface area contributed by atoms with E-state index >= 15 is 0 Å². The summed E-state index contributed by atoms with van der Waals surface area (Å²) in [4.78, 5) is 2.67. The van der Waals surface area contributed by atoms with E-state index < -0.39 is 0 Å². The third kappa shape index (κ3) is 3.38. The molecule has 3 heteroatoms. The van der Waals surface area contributed by atoms with Crippen molar-refractivity contribution in [3.63, 3.8) is 0 Å². The zero-order chi connectivity index (χ0) is 12.3. The molecule has 0 aliphatic heterocycles. The Morgan fingerprint density at radius 2 is 1.88 bits per heavy atom. The maximum Gasteiger partial charge on any atom is 0.123 e. The normalized spacial score (nSPS) is 12.6. The molecule has 1 heterocycles. The summed E-state index contributed by atoms with van der Waals surface area (Å²) in [7, 11) is 0. The fourth-order valence-corrected chi connectivity index (χ4v) is 2.56. The predicted molar refractivity (Wildman–Crippen MR) is 70.7 cm³/mol. The number of halogens is 1. The number of hydrogen-bond donors (Lipinski definition) is 1. The molecule has 0 spiro atoms. The Labute approximate surface area is 105 Å². The second-order valence-corrected chi connectivity index (χ2v) is 5.50. The summed E-state index contributed by atoms with van der Waals surface area (Å²) >= 11 is 1.81. The van der Waals surface area contributed by atoms with Crippen LogP contribution in [0.2, 0.25) is 0 Å². The van der Waals surface area contributed by atoms with Crippen molar-refractivity contribution >= 4 is 11.3 Å². The van der Waals surface area contributed by atoms with Crippen LogP contribution < -0.4 is 5.32 Å². The maximum atomic E-state index is 12.7. The summed E-state index contributed by atoms with van der Waals surface area (Å²) in [6.45, 7) is 5.02. The van der Waals surface area contributed by atoms with E-state index in [-0.39, 0.29) is 5.82 Å². The van der Waals surface area contributed by atoms with Gasteiger partial charge < -0.3 is 5.32 Å². The molecule has 0 fully saturated rings. The van der Waals surface area contributed by atoms with Crippen molar-refractivity contribution in [3.8, 4) is 0 Å². The van der Waals surface area contributed by atoms with Gasteiger partial charge in [-0.15, -0.1) is 11.3 Å². The van der Waals surface area contributed by atoms with Crippen molar-refractivity contribution in [2.45, 2.75) is 26.4 Å². The highest BCUT2D eigenvalue weighted by Crippen LogP contribution is 2.22.